The second-order valence-corrected chi connectivity index (χ2v) is 8.68. The van der Waals surface area contributed by atoms with Crippen LogP contribution in [0.25, 0.3) is 0 Å². The SMILES string of the molecule is CCC(CNC)C1CCC2C(C1)N(C(=O)Oc1ccc(F)cc1)CC(C)N2C(C)=O. The number of piperazine rings is 1. The highest BCUT2D eigenvalue weighted by Gasteiger charge is 2.47. The minimum atomic E-state index is -0.422. The molecule has 166 valence electrons. The Morgan fingerprint density at radius 3 is 2.53 bits per heavy atom. The molecule has 1 aliphatic carbocycles. The van der Waals surface area contributed by atoms with Crippen molar-refractivity contribution >= 4 is 12.0 Å². The van der Waals surface area contributed by atoms with Crippen LogP contribution in [0.4, 0.5) is 9.18 Å². The molecule has 1 saturated carbocycles. The Balaban J connectivity index is 1.82. The van der Waals surface area contributed by atoms with E-state index < -0.39 is 6.09 Å². The first-order valence-electron chi connectivity index (χ1n) is 11.0. The van der Waals surface area contributed by atoms with E-state index in [1.807, 2.05) is 18.9 Å². The van der Waals surface area contributed by atoms with Crippen molar-refractivity contribution in [2.24, 2.45) is 11.8 Å². The van der Waals surface area contributed by atoms with Crippen LogP contribution >= 0.6 is 0 Å². The van der Waals surface area contributed by atoms with Crippen molar-refractivity contribution in [1.82, 2.24) is 15.1 Å². The Labute approximate surface area is 178 Å². The number of carbonyl (C=O) groups excluding carboxylic acids is 2. The molecule has 5 unspecified atom stereocenters. The van der Waals surface area contributed by atoms with Crippen molar-refractivity contribution in [1.29, 1.82) is 0 Å². The van der Waals surface area contributed by atoms with Crippen LogP contribution < -0.4 is 10.1 Å². The van der Waals surface area contributed by atoms with E-state index in [4.69, 9.17) is 4.74 Å². The van der Waals surface area contributed by atoms with Gasteiger partial charge in [0.05, 0.1) is 12.1 Å². The summed E-state index contributed by atoms with van der Waals surface area (Å²) in [4.78, 5) is 29.2. The number of fused-ring (bicyclic) bond motifs is 1. The number of amides is 2. The number of nitrogens with zero attached hydrogens (tertiary/aromatic N) is 2. The van der Waals surface area contributed by atoms with Crippen molar-refractivity contribution < 1.29 is 18.7 Å². The molecule has 1 N–H and O–H groups in total. The minimum Gasteiger partial charge on any atom is -0.410 e. The normalized spacial score (nSPS) is 27.4. The highest BCUT2D eigenvalue weighted by atomic mass is 19.1. The zero-order chi connectivity index (χ0) is 21.8. The number of hydrogen-bond donors (Lipinski definition) is 1. The van der Waals surface area contributed by atoms with Gasteiger partial charge in [0, 0.05) is 19.5 Å². The predicted molar refractivity (Wildman–Crippen MR) is 114 cm³/mol. The molecule has 6 nitrogen and oxygen atoms in total. The fourth-order valence-corrected chi connectivity index (χ4v) is 5.41. The monoisotopic (exact) mass is 419 g/mol. The summed E-state index contributed by atoms with van der Waals surface area (Å²) >= 11 is 0. The molecule has 7 heteroatoms. The smallest absolute Gasteiger partial charge is 0.410 e. The Morgan fingerprint density at radius 1 is 1.23 bits per heavy atom. The van der Waals surface area contributed by atoms with Gasteiger partial charge in [0.1, 0.15) is 11.6 Å². The third kappa shape index (κ3) is 4.77. The molecular formula is C23H34FN3O3. The minimum absolute atomic E-state index is 0.00959. The molecule has 2 fully saturated rings. The van der Waals surface area contributed by atoms with Gasteiger partial charge in [-0.1, -0.05) is 13.3 Å². The van der Waals surface area contributed by atoms with Gasteiger partial charge in [0.15, 0.2) is 0 Å². The van der Waals surface area contributed by atoms with E-state index in [9.17, 15) is 14.0 Å². The van der Waals surface area contributed by atoms with E-state index in [1.165, 1.54) is 24.3 Å². The van der Waals surface area contributed by atoms with E-state index in [0.29, 0.717) is 24.1 Å². The molecule has 2 aliphatic rings. The first-order chi connectivity index (χ1) is 14.3. The van der Waals surface area contributed by atoms with Crippen molar-refractivity contribution in [2.75, 3.05) is 20.1 Å². The number of nitrogens with one attached hydrogen (secondary N) is 1. The van der Waals surface area contributed by atoms with E-state index in [2.05, 4.69) is 12.2 Å². The molecule has 1 aromatic carbocycles. The Kier molecular flexibility index (Phi) is 7.34. The zero-order valence-electron chi connectivity index (χ0n) is 18.4. The Bertz CT molecular complexity index is 742. The third-order valence-electron chi connectivity index (χ3n) is 6.79. The second kappa shape index (κ2) is 9.77. The lowest BCUT2D eigenvalue weighted by Crippen LogP contribution is -2.67. The fourth-order valence-electron chi connectivity index (χ4n) is 5.41. The van der Waals surface area contributed by atoms with Gasteiger partial charge in [-0.05, 0) is 75.9 Å². The highest BCUT2D eigenvalue weighted by Crippen LogP contribution is 2.39. The molecular weight excluding hydrogens is 385 g/mol. The van der Waals surface area contributed by atoms with Crippen LogP contribution in [0.1, 0.15) is 46.5 Å². The quantitative estimate of drug-likeness (QED) is 0.791. The summed E-state index contributed by atoms with van der Waals surface area (Å²) in [5.41, 5.74) is 0. The summed E-state index contributed by atoms with van der Waals surface area (Å²) in [6, 6.07) is 5.36. The van der Waals surface area contributed by atoms with Crippen molar-refractivity contribution in [3.63, 3.8) is 0 Å². The predicted octanol–water partition coefficient (Wildman–Crippen LogP) is 3.66. The number of hydrogen-bond acceptors (Lipinski definition) is 4. The van der Waals surface area contributed by atoms with Crippen molar-refractivity contribution in [2.45, 2.75) is 64.6 Å². The van der Waals surface area contributed by atoms with Crippen LogP contribution in [0.2, 0.25) is 0 Å². The zero-order valence-corrected chi connectivity index (χ0v) is 18.4. The first-order valence-corrected chi connectivity index (χ1v) is 11.0. The molecule has 3 rings (SSSR count). The first kappa shape index (κ1) is 22.5. The molecule has 1 aliphatic heterocycles. The summed E-state index contributed by atoms with van der Waals surface area (Å²) in [5.74, 6) is 1.05. The number of carbonyl (C=O) groups is 2. The van der Waals surface area contributed by atoms with Crippen LogP contribution in [-0.4, -0.2) is 60.1 Å². The van der Waals surface area contributed by atoms with Crippen LogP contribution in [0, 0.1) is 17.7 Å². The van der Waals surface area contributed by atoms with Gasteiger partial charge in [-0.15, -0.1) is 0 Å². The van der Waals surface area contributed by atoms with Crippen LogP contribution in [-0.2, 0) is 4.79 Å². The molecule has 0 aromatic heterocycles. The van der Waals surface area contributed by atoms with Gasteiger partial charge in [-0.25, -0.2) is 9.18 Å². The standard InChI is InChI=1S/C23H34FN3O3/c1-5-17(13-25-4)18-6-11-21-22(12-18)26(14-15(2)27(21)16(3)28)23(29)30-20-9-7-19(24)8-10-20/h7-10,15,17-18,21-22,25H,5-6,11-14H2,1-4H3. The van der Waals surface area contributed by atoms with Gasteiger partial charge in [0.2, 0.25) is 5.91 Å². The van der Waals surface area contributed by atoms with Crippen molar-refractivity contribution in [3.05, 3.63) is 30.1 Å². The molecule has 1 aromatic rings. The van der Waals surface area contributed by atoms with E-state index in [0.717, 1.165) is 32.2 Å². The molecule has 1 saturated heterocycles. The Hall–Kier alpha value is -2.15. The maximum absolute atomic E-state index is 13.2. The lowest BCUT2D eigenvalue weighted by atomic mass is 9.72. The number of ether oxygens (including phenoxy) is 1. The maximum atomic E-state index is 13.2. The lowest BCUT2D eigenvalue weighted by molar-refractivity contribution is -0.142. The number of halogens is 1. The maximum Gasteiger partial charge on any atom is 0.415 e. The van der Waals surface area contributed by atoms with Gasteiger partial charge in [0.25, 0.3) is 0 Å². The van der Waals surface area contributed by atoms with Crippen LogP contribution in [0.3, 0.4) is 0 Å². The van der Waals surface area contributed by atoms with E-state index >= 15 is 0 Å². The average molecular weight is 420 g/mol. The van der Waals surface area contributed by atoms with Gasteiger partial charge >= 0.3 is 6.09 Å². The topological polar surface area (TPSA) is 61.9 Å². The van der Waals surface area contributed by atoms with E-state index in [-0.39, 0.29) is 29.8 Å². The highest BCUT2D eigenvalue weighted by molar-refractivity contribution is 5.76. The largest absolute Gasteiger partial charge is 0.415 e. The van der Waals surface area contributed by atoms with Crippen LogP contribution in [0.5, 0.6) is 5.75 Å². The molecule has 2 amide bonds. The fraction of sp³-hybridized carbons (Fsp3) is 0.652. The van der Waals surface area contributed by atoms with Crippen LogP contribution in [0.15, 0.2) is 24.3 Å². The van der Waals surface area contributed by atoms with Gasteiger partial charge in [-0.2, -0.15) is 0 Å². The molecule has 0 radical (unpaired) electrons. The van der Waals surface area contributed by atoms with Gasteiger partial charge < -0.3 is 19.9 Å². The second-order valence-electron chi connectivity index (χ2n) is 8.68. The van der Waals surface area contributed by atoms with E-state index in [1.54, 1.807) is 11.8 Å². The van der Waals surface area contributed by atoms with Crippen molar-refractivity contribution in [3.8, 4) is 5.75 Å². The third-order valence-corrected chi connectivity index (χ3v) is 6.79. The summed E-state index contributed by atoms with van der Waals surface area (Å²) in [6.07, 6.45) is 3.46. The molecule has 30 heavy (non-hydrogen) atoms. The number of benzene rings is 1. The average Bonchev–Trinajstić information content (AvgIpc) is 2.72. The number of rotatable bonds is 5. The summed E-state index contributed by atoms with van der Waals surface area (Å²) in [7, 11) is 1.97. The molecule has 0 bridgehead atoms. The summed E-state index contributed by atoms with van der Waals surface area (Å²) < 4.78 is 18.8. The Morgan fingerprint density at radius 2 is 1.93 bits per heavy atom. The molecule has 0 spiro atoms. The summed E-state index contributed by atoms with van der Waals surface area (Å²) in [5, 5.41) is 3.29. The lowest BCUT2D eigenvalue weighted by Gasteiger charge is -2.54. The summed E-state index contributed by atoms with van der Waals surface area (Å²) in [6.45, 7) is 7.20. The molecule has 5 atom stereocenters. The van der Waals surface area contributed by atoms with Gasteiger partial charge in [-0.3, -0.25) is 4.79 Å². The molecule has 1 heterocycles.